The van der Waals surface area contributed by atoms with Crippen LogP contribution in [-0.2, 0) is 0 Å². The minimum absolute atomic E-state index is 0.582. The van der Waals surface area contributed by atoms with Crippen LogP contribution in [0.4, 0.5) is 0 Å². The molecule has 6 nitrogen and oxygen atoms in total. The van der Waals surface area contributed by atoms with Gasteiger partial charge in [0.1, 0.15) is 22.3 Å². The van der Waals surface area contributed by atoms with E-state index < -0.39 is 0 Å². The molecule has 0 amide bonds. The molecule has 0 N–H and O–H groups in total. The van der Waals surface area contributed by atoms with E-state index in [0.717, 1.165) is 88.4 Å². The van der Waals surface area contributed by atoms with Crippen LogP contribution in [0.25, 0.3) is 157 Å². The first-order valence-corrected chi connectivity index (χ1v) is 25.3. The number of aromatic nitrogens is 4. The standard InChI is InChI=1S/C63H34N4O2S2/c1-5-17-49-40(11-1)41-12-2-6-18-50(41)67(49)38-26-29-46-54(34-38)69-52-19-9-15-39(59(46)52)35-25-30-51-48(31-35)60-47(16-10-20-53(60)68-51)63-65-61(36-23-27-44-42-13-3-7-21-55(42)70-57(44)32-36)64-62(66-63)37-24-28-45-43-14-4-8-22-56(43)71-58(45)33-37/h1-34H. The third kappa shape index (κ3) is 5.83. The Labute approximate surface area is 411 Å². The van der Waals surface area contributed by atoms with Crippen molar-refractivity contribution < 1.29 is 8.83 Å². The lowest BCUT2D eigenvalue weighted by Crippen LogP contribution is -2.00. The summed E-state index contributed by atoms with van der Waals surface area (Å²) in [7, 11) is 0. The fourth-order valence-electron chi connectivity index (χ4n) is 11.1. The summed E-state index contributed by atoms with van der Waals surface area (Å²) in [4.78, 5) is 15.9. The summed E-state index contributed by atoms with van der Waals surface area (Å²) in [5.74, 6) is 1.82. The van der Waals surface area contributed by atoms with Crippen molar-refractivity contribution in [3.63, 3.8) is 0 Å². The molecule has 0 aliphatic rings. The summed E-state index contributed by atoms with van der Waals surface area (Å²) >= 11 is 3.58. The van der Waals surface area contributed by atoms with Crippen LogP contribution in [0.5, 0.6) is 0 Å². The summed E-state index contributed by atoms with van der Waals surface area (Å²) in [6.45, 7) is 0. The number of nitrogens with zero attached hydrogens (tertiary/aromatic N) is 4. The van der Waals surface area contributed by atoms with Crippen molar-refractivity contribution in [1.29, 1.82) is 0 Å². The first kappa shape index (κ1) is 39.0. The van der Waals surface area contributed by atoms with E-state index in [0.29, 0.717) is 17.5 Å². The van der Waals surface area contributed by atoms with Gasteiger partial charge in [0.25, 0.3) is 0 Å². The van der Waals surface area contributed by atoms with Gasteiger partial charge in [0.2, 0.25) is 0 Å². The van der Waals surface area contributed by atoms with Crippen LogP contribution in [0.3, 0.4) is 0 Å². The van der Waals surface area contributed by atoms with Crippen LogP contribution in [0.2, 0.25) is 0 Å². The van der Waals surface area contributed by atoms with Crippen LogP contribution in [0.15, 0.2) is 215 Å². The molecule has 16 aromatic rings. The van der Waals surface area contributed by atoms with Gasteiger partial charge in [0.05, 0.1) is 11.0 Å². The molecular formula is C63H34N4O2S2. The maximum atomic E-state index is 6.72. The Bertz CT molecular complexity index is 4730. The molecule has 16 rings (SSSR count). The molecule has 0 aliphatic heterocycles. The first-order chi connectivity index (χ1) is 35.1. The first-order valence-electron chi connectivity index (χ1n) is 23.6. The molecular weight excluding hydrogens is 909 g/mol. The van der Waals surface area contributed by atoms with Crippen molar-refractivity contribution in [3.8, 4) is 51.0 Å². The number of thiophene rings is 2. The van der Waals surface area contributed by atoms with E-state index in [4.69, 9.17) is 23.8 Å². The molecule has 8 heteroatoms. The molecule has 0 aliphatic carbocycles. The second-order valence-corrected chi connectivity index (χ2v) is 20.4. The highest BCUT2D eigenvalue weighted by Crippen LogP contribution is 2.44. The van der Waals surface area contributed by atoms with Crippen LogP contribution in [-0.4, -0.2) is 19.5 Å². The van der Waals surface area contributed by atoms with Crippen LogP contribution in [0, 0.1) is 0 Å². The predicted octanol–water partition coefficient (Wildman–Crippen LogP) is 18.2. The molecule has 0 atom stereocenters. The summed E-state index contributed by atoms with van der Waals surface area (Å²) in [5.41, 5.74) is 11.5. The van der Waals surface area contributed by atoms with E-state index in [1.807, 2.05) is 12.1 Å². The van der Waals surface area contributed by atoms with Gasteiger partial charge in [0.15, 0.2) is 17.5 Å². The minimum Gasteiger partial charge on any atom is -0.456 e. The maximum Gasteiger partial charge on any atom is 0.164 e. The van der Waals surface area contributed by atoms with Crippen molar-refractivity contribution >= 4 is 129 Å². The summed E-state index contributed by atoms with van der Waals surface area (Å²) in [6, 6.07) is 73.1. The second-order valence-electron chi connectivity index (χ2n) is 18.2. The van der Waals surface area contributed by atoms with Gasteiger partial charge in [-0.05, 0) is 83.9 Å². The van der Waals surface area contributed by atoms with E-state index in [9.17, 15) is 0 Å². The molecule has 0 fully saturated rings. The van der Waals surface area contributed by atoms with E-state index in [2.05, 4.69) is 199 Å². The van der Waals surface area contributed by atoms with E-state index in [1.165, 1.54) is 51.1 Å². The molecule has 0 unspecified atom stereocenters. The van der Waals surface area contributed by atoms with Crippen molar-refractivity contribution in [2.24, 2.45) is 0 Å². The lowest BCUT2D eigenvalue weighted by atomic mass is 9.97. The molecule has 10 aromatic carbocycles. The zero-order valence-corrected chi connectivity index (χ0v) is 39.2. The number of furan rings is 2. The molecule has 0 saturated heterocycles. The molecule has 0 bridgehead atoms. The normalized spacial score (nSPS) is 12.2. The largest absolute Gasteiger partial charge is 0.456 e. The average Bonchev–Trinajstić information content (AvgIpc) is 4.25. The molecule has 6 aromatic heterocycles. The minimum atomic E-state index is 0.582. The van der Waals surface area contributed by atoms with Crippen LogP contribution >= 0.6 is 22.7 Å². The number of fused-ring (bicyclic) bond motifs is 15. The Hall–Kier alpha value is -8.95. The Morgan fingerprint density at radius 2 is 0.817 bits per heavy atom. The molecule has 6 heterocycles. The van der Waals surface area contributed by atoms with E-state index >= 15 is 0 Å². The maximum absolute atomic E-state index is 6.72. The van der Waals surface area contributed by atoms with E-state index in [1.54, 1.807) is 22.7 Å². The van der Waals surface area contributed by atoms with Gasteiger partial charge in [-0.3, -0.25) is 0 Å². The van der Waals surface area contributed by atoms with Gasteiger partial charge in [-0.2, -0.15) is 0 Å². The zero-order valence-electron chi connectivity index (χ0n) is 37.6. The second kappa shape index (κ2) is 14.8. The summed E-state index contributed by atoms with van der Waals surface area (Å²) in [5, 5.41) is 11.5. The molecule has 0 radical (unpaired) electrons. The molecule has 330 valence electrons. The smallest absolute Gasteiger partial charge is 0.164 e. The van der Waals surface area contributed by atoms with Crippen LogP contribution in [0.1, 0.15) is 0 Å². The summed E-state index contributed by atoms with van der Waals surface area (Å²) < 4.78 is 20.6. The third-order valence-corrected chi connectivity index (χ3v) is 16.5. The quantitative estimate of drug-likeness (QED) is 0.172. The SMILES string of the molecule is c1cc(-c2ccc3oc4cccc(-c5nc(-c6ccc7c(c6)sc6ccccc67)nc(-c6ccc7c(c6)sc6ccccc67)n5)c4c3c2)c2c(c1)oc1cc(-n3c4ccccc4c4ccccc43)ccc12. The lowest BCUT2D eigenvalue weighted by molar-refractivity contribution is 0.668. The fourth-order valence-corrected chi connectivity index (χ4v) is 13.4. The van der Waals surface area contributed by atoms with Crippen molar-refractivity contribution in [3.05, 3.63) is 206 Å². The van der Waals surface area contributed by atoms with Gasteiger partial charge in [-0.15, -0.1) is 22.7 Å². The predicted molar refractivity (Wildman–Crippen MR) is 296 cm³/mol. The highest BCUT2D eigenvalue weighted by atomic mass is 32.1. The monoisotopic (exact) mass is 942 g/mol. The number of hydrogen-bond donors (Lipinski definition) is 0. The lowest BCUT2D eigenvalue weighted by Gasteiger charge is -2.10. The Morgan fingerprint density at radius 3 is 1.46 bits per heavy atom. The number of rotatable bonds is 5. The molecule has 0 saturated carbocycles. The number of hydrogen-bond acceptors (Lipinski definition) is 7. The summed E-state index contributed by atoms with van der Waals surface area (Å²) in [6.07, 6.45) is 0. The van der Waals surface area contributed by atoms with Gasteiger partial charge >= 0.3 is 0 Å². The van der Waals surface area contributed by atoms with Gasteiger partial charge in [-0.1, -0.05) is 127 Å². The molecule has 71 heavy (non-hydrogen) atoms. The topological polar surface area (TPSA) is 69.9 Å². The highest BCUT2D eigenvalue weighted by molar-refractivity contribution is 7.26. The molecule has 0 spiro atoms. The Kier molecular flexibility index (Phi) is 8.11. The third-order valence-electron chi connectivity index (χ3n) is 14.3. The van der Waals surface area contributed by atoms with Crippen molar-refractivity contribution in [1.82, 2.24) is 19.5 Å². The Balaban J connectivity index is 0.867. The number of para-hydroxylation sites is 2. The van der Waals surface area contributed by atoms with Crippen LogP contribution < -0.4 is 0 Å². The Morgan fingerprint density at radius 1 is 0.310 bits per heavy atom. The zero-order chi connectivity index (χ0) is 46.3. The highest BCUT2D eigenvalue weighted by Gasteiger charge is 2.22. The number of benzene rings is 10. The van der Waals surface area contributed by atoms with Gasteiger partial charge in [0, 0.05) is 101 Å². The van der Waals surface area contributed by atoms with Crippen molar-refractivity contribution in [2.75, 3.05) is 0 Å². The fraction of sp³-hybridized carbons (Fsp3) is 0. The average molecular weight is 943 g/mol. The van der Waals surface area contributed by atoms with Gasteiger partial charge in [-0.25, -0.2) is 15.0 Å². The van der Waals surface area contributed by atoms with Gasteiger partial charge < -0.3 is 13.4 Å². The van der Waals surface area contributed by atoms with E-state index in [-0.39, 0.29) is 0 Å². The van der Waals surface area contributed by atoms with Crippen molar-refractivity contribution in [2.45, 2.75) is 0 Å².